The fraction of sp³-hybridized carbons (Fsp3) is 0.625. The minimum absolute atomic E-state index is 0.0679. The Morgan fingerprint density at radius 2 is 2.58 bits per heavy atom. The summed E-state index contributed by atoms with van der Waals surface area (Å²) in [5, 5.41) is 0. The molecule has 1 heterocycles. The zero-order chi connectivity index (χ0) is 8.97. The Morgan fingerprint density at radius 3 is 3.08 bits per heavy atom. The van der Waals surface area contributed by atoms with Crippen LogP contribution in [0.3, 0.4) is 0 Å². The molecule has 1 rings (SSSR count). The zero-order valence-electron chi connectivity index (χ0n) is 7.04. The smallest absolute Gasteiger partial charge is 0.333 e. The van der Waals surface area contributed by atoms with E-state index in [0.29, 0.717) is 18.1 Å². The lowest BCUT2D eigenvalue weighted by atomic mass is 10.3. The molecule has 68 valence electrons. The highest BCUT2D eigenvalue weighted by Gasteiger charge is 2.17. The van der Waals surface area contributed by atoms with Crippen molar-refractivity contribution in [2.75, 3.05) is 18.3 Å². The minimum Gasteiger partial charge on any atom is -0.460 e. The van der Waals surface area contributed by atoms with Crippen LogP contribution < -0.4 is 0 Å². The second-order valence-corrected chi connectivity index (χ2v) is 3.63. The van der Waals surface area contributed by atoms with Gasteiger partial charge < -0.3 is 9.47 Å². The van der Waals surface area contributed by atoms with E-state index in [1.54, 1.807) is 18.7 Å². The van der Waals surface area contributed by atoms with Crippen LogP contribution >= 0.6 is 11.8 Å². The largest absolute Gasteiger partial charge is 0.460 e. The van der Waals surface area contributed by atoms with Gasteiger partial charge in [-0.1, -0.05) is 6.58 Å². The van der Waals surface area contributed by atoms with Crippen molar-refractivity contribution in [2.24, 2.45) is 0 Å². The maximum Gasteiger partial charge on any atom is 0.333 e. The molecule has 0 bridgehead atoms. The molecular formula is C8H12O3S. The zero-order valence-corrected chi connectivity index (χ0v) is 7.86. The van der Waals surface area contributed by atoms with E-state index in [-0.39, 0.29) is 12.1 Å². The molecule has 0 aliphatic carbocycles. The van der Waals surface area contributed by atoms with Crippen molar-refractivity contribution < 1.29 is 14.3 Å². The second-order valence-electron chi connectivity index (χ2n) is 2.66. The van der Waals surface area contributed by atoms with Gasteiger partial charge in [-0.15, -0.1) is 11.8 Å². The molecule has 1 unspecified atom stereocenters. The third-order valence-corrected chi connectivity index (χ3v) is 2.35. The van der Waals surface area contributed by atoms with Crippen molar-refractivity contribution in [3.63, 3.8) is 0 Å². The number of hydrogen-bond acceptors (Lipinski definition) is 4. The van der Waals surface area contributed by atoms with Crippen molar-refractivity contribution >= 4 is 17.7 Å². The third-order valence-electron chi connectivity index (χ3n) is 1.44. The van der Waals surface area contributed by atoms with Gasteiger partial charge in [0.1, 0.15) is 12.7 Å². The number of carbonyl (C=O) groups excluding carboxylic acids is 1. The first-order valence-corrected chi connectivity index (χ1v) is 4.87. The average molecular weight is 188 g/mol. The first kappa shape index (κ1) is 9.61. The average Bonchev–Trinajstić information content (AvgIpc) is 2.51. The van der Waals surface area contributed by atoms with Crippen molar-refractivity contribution in [3.8, 4) is 0 Å². The van der Waals surface area contributed by atoms with Crippen molar-refractivity contribution in [2.45, 2.75) is 13.0 Å². The highest BCUT2D eigenvalue weighted by molar-refractivity contribution is 7.99. The van der Waals surface area contributed by atoms with E-state index in [9.17, 15) is 4.79 Å². The molecule has 1 atom stereocenters. The van der Waals surface area contributed by atoms with E-state index in [0.717, 1.165) is 5.75 Å². The van der Waals surface area contributed by atoms with E-state index >= 15 is 0 Å². The molecule has 1 saturated heterocycles. The monoisotopic (exact) mass is 188 g/mol. The van der Waals surface area contributed by atoms with E-state index in [1.807, 2.05) is 0 Å². The topological polar surface area (TPSA) is 35.5 Å². The van der Waals surface area contributed by atoms with Crippen LogP contribution in [0.2, 0.25) is 0 Å². The van der Waals surface area contributed by atoms with Crippen molar-refractivity contribution in [3.05, 3.63) is 12.2 Å². The first-order valence-electron chi connectivity index (χ1n) is 3.72. The standard InChI is InChI=1S/C8H12O3S/c1-6(2)8(9)10-3-7-4-12-5-11-7/h7H,1,3-5H2,2H3. The van der Waals surface area contributed by atoms with Gasteiger partial charge in [0.15, 0.2) is 0 Å². The van der Waals surface area contributed by atoms with E-state index < -0.39 is 0 Å². The summed E-state index contributed by atoms with van der Waals surface area (Å²) in [6, 6.07) is 0. The molecule has 0 aromatic rings. The summed E-state index contributed by atoms with van der Waals surface area (Å²) < 4.78 is 10.1. The Morgan fingerprint density at radius 1 is 1.83 bits per heavy atom. The van der Waals surface area contributed by atoms with Gasteiger partial charge in [0, 0.05) is 11.3 Å². The summed E-state index contributed by atoms with van der Waals surface area (Å²) in [4.78, 5) is 10.9. The van der Waals surface area contributed by atoms with Gasteiger partial charge in [-0.25, -0.2) is 4.79 Å². The lowest BCUT2D eigenvalue weighted by Gasteiger charge is -2.08. The molecular weight excluding hydrogens is 176 g/mol. The fourth-order valence-corrected chi connectivity index (χ4v) is 1.60. The molecule has 3 nitrogen and oxygen atoms in total. The normalized spacial score (nSPS) is 22.2. The fourth-order valence-electron chi connectivity index (χ4n) is 0.760. The van der Waals surface area contributed by atoms with Crippen LogP contribution in [-0.2, 0) is 14.3 Å². The minimum atomic E-state index is -0.337. The van der Waals surface area contributed by atoms with Crippen LogP contribution in [0.4, 0.5) is 0 Å². The number of thioether (sulfide) groups is 1. The molecule has 0 aromatic heterocycles. The summed E-state index contributed by atoms with van der Waals surface area (Å²) in [5.41, 5.74) is 0.431. The predicted molar refractivity (Wildman–Crippen MR) is 48.0 cm³/mol. The van der Waals surface area contributed by atoms with Crippen molar-refractivity contribution in [1.82, 2.24) is 0 Å². The lowest BCUT2D eigenvalue weighted by molar-refractivity contribution is -0.141. The number of carbonyl (C=O) groups is 1. The van der Waals surface area contributed by atoms with Gasteiger partial charge in [-0.3, -0.25) is 0 Å². The molecule has 1 aliphatic rings. The highest BCUT2D eigenvalue weighted by Crippen LogP contribution is 2.16. The Hall–Kier alpha value is -0.480. The predicted octanol–water partition coefficient (Wildman–Crippen LogP) is 1.20. The van der Waals surface area contributed by atoms with Crippen LogP contribution in [-0.4, -0.2) is 30.4 Å². The summed E-state index contributed by atoms with van der Waals surface area (Å²) in [5.74, 6) is 1.27. The molecule has 1 aliphatic heterocycles. The number of hydrogen-bond donors (Lipinski definition) is 0. The molecule has 0 N–H and O–H groups in total. The first-order chi connectivity index (χ1) is 5.70. The molecule has 0 radical (unpaired) electrons. The molecule has 0 spiro atoms. The lowest BCUT2D eigenvalue weighted by Crippen LogP contribution is -2.20. The Labute approximate surface area is 76.1 Å². The van der Waals surface area contributed by atoms with E-state index in [2.05, 4.69) is 6.58 Å². The van der Waals surface area contributed by atoms with Crippen molar-refractivity contribution in [1.29, 1.82) is 0 Å². The second kappa shape index (κ2) is 4.52. The van der Waals surface area contributed by atoms with Gasteiger partial charge in [0.2, 0.25) is 0 Å². The molecule has 4 heteroatoms. The van der Waals surface area contributed by atoms with Gasteiger partial charge in [0.05, 0.1) is 5.94 Å². The molecule has 0 amide bonds. The number of rotatable bonds is 3. The molecule has 12 heavy (non-hydrogen) atoms. The summed E-state index contributed by atoms with van der Waals surface area (Å²) in [7, 11) is 0. The van der Waals surface area contributed by atoms with Gasteiger partial charge in [0.25, 0.3) is 0 Å². The molecule has 0 aromatic carbocycles. The highest BCUT2D eigenvalue weighted by atomic mass is 32.2. The quantitative estimate of drug-likeness (QED) is 0.492. The van der Waals surface area contributed by atoms with E-state index in [1.165, 1.54) is 0 Å². The van der Waals surface area contributed by atoms with Crippen LogP contribution in [0, 0.1) is 0 Å². The summed E-state index contributed by atoms with van der Waals surface area (Å²) in [6.45, 7) is 5.46. The Kier molecular flexibility index (Phi) is 3.62. The van der Waals surface area contributed by atoms with Crippen LogP contribution in [0.15, 0.2) is 12.2 Å². The maximum atomic E-state index is 10.9. The number of ether oxygens (including phenoxy) is 2. The van der Waals surface area contributed by atoms with Crippen LogP contribution in [0.25, 0.3) is 0 Å². The van der Waals surface area contributed by atoms with Gasteiger partial charge >= 0.3 is 5.97 Å². The van der Waals surface area contributed by atoms with Gasteiger partial charge in [-0.2, -0.15) is 0 Å². The third kappa shape index (κ3) is 2.87. The Balaban J connectivity index is 2.16. The Bertz CT molecular complexity index is 185. The number of esters is 1. The molecule has 0 saturated carbocycles. The van der Waals surface area contributed by atoms with Crippen LogP contribution in [0.1, 0.15) is 6.92 Å². The summed E-state index contributed by atoms with van der Waals surface area (Å²) >= 11 is 1.71. The maximum absolute atomic E-state index is 10.9. The van der Waals surface area contributed by atoms with Crippen LogP contribution in [0.5, 0.6) is 0 Å². The summed E-state index contributed by atoms with van der Waals surface area (Å²) in [6.07, 6.45) is 0.0679. The van der Waals surface area contributed by atoms with Gasteiger partial charge in [-0.05, 0) is 6.92 Å². The molecule has 1 fully saturated rings. The van der Waals surface area contributed by atoms with E-state index in [4.69, 9.17) is 9.47 Å². The SMILES string of the molecule is C=C(C)C(=O)OCC1CSCO1.